The molecule has 1 aliphatic carbocycles. The molecule has 36 heavy (non-hydrogen) atoms. The molecule has 0 aliphatic heterocycles. The van der Waals surface area contributed by atoms with Crippen molar-refractivity contribution in [1.82, 2.24) is 9.97 Å². The quantitative estimate of drug-likeness (QED) is 0.329. The topological polar surface area (TPSA) is 117 Å². The number of nitriles is 1. The van der Waals surface area contributed by atoms with Gasteiger partial charge < -0.3 is 15.4 Å². The van der Waals surface area contributed by atoms with Gasteiger partial charge in [0.1, 0.15) is 16.1 Å². The number of aromatic nitrogens is 2. The maximum Gasteiger partial charge on any atom is 0.255 e. The molecule has 0 spiro atoms. The second-order valence-corrected chi connectivity index (χ2v) is 10.1. The van der Waals surface area contributed by atoms with Crippen molar-refractivity contribution in [2.24, 2.45) is 5.92 Å². The summed E-state index contributed by atoms with van der Waals surface area (Å²) < 4.78 is 5.92. The summed E-state index contributed by atoms with van der Waals surface area (Å²) in [6, 6.07) is 19.8. The van der Waals surface area contributed by atoms with Crippen LogP contribution in [0.1, 0.15) is 42.6 Å². The fourth-order valence-electron chi connectivity index (χ4n) is 3.54. The van der Waals surface area contributed by atoms with Crippen LogP contribution in [0.25, 0.3) is 10.3 Å². The molecule has 180 valence electrons. The number of carbonyl (C=O) groups is 2. The van der Waals surface area contributed by atoms with Gasteiger partial charge >= 0.3 is 0 Å². The van der Waals surface area contributed by atoms with Crippen LogP contribution in [0, 0.1) is 17.2 Å². The largest absolute Gasteiger partial charge is 0.439 e. The average molecular weight is 498 g/mol. The van der Waals surface area contributed by atoms with Crippen LogP contribution in [-0.2, 0) is 10.2 Å². The van der Waals surface area contributed by atoms with Gasteiger partial charge in [-0.15, -0.1) is 0 Å². The van der Waals surface area contributed by atoms with Gasteiger partial charge in [0.05, 0.1) is 11.5 Å². The summed E-state index contributed by atoms with van der Waals surface area (Å²) in [4.78, 5) is 34.4. The molecule has 1 aliphatic rings. The standard InChI is InChI=1S/C27H23N5O3S/c1-27(2,15-28)18-6-3-5-17(13-18)24(34)29-19-7-4-8-20(14-19)35-22-12-11-21-25(31-22)36-26(30-21)32-23(33)16-9-10-16/h3-8,11-14,16H,9-10H2,1-2H3,(H,29,34)(H,30,32,33). The minimum absolute atomic E-state index is 0.00453. The summed E-state index contributed by atoms with van der Waals surface area (Å²) >= 11 is 1.30. The highest BCUT2D eigenvalue weighted by Gasteiger charge is 2.30. The molecule has 0 unspecified atom stereocenters. The smallest absolute Gasteiger partial charge is 0.255 e. The van der Waals surface area contributed by atoms with Gasteiger partial charge in [-0.05, 0) is 62.6 Å². The van der Waals surface area contributed by atoms with Crippen LogP contribution in [0.5, 0.6) is 11.6 Å². The molecule has 2 heterocycles. The van der Waals surface area contributed by atoms with Gasteiger partial charge in [0, 0.05) is 29.3 Å². The number of thiazole rings is 1. The molecule has 0 atom stereocenters. The number of nitrogens with zero attached hydrogens (tertiary/aromatic N) is 3. The van der Waals surface area contributed by atoms with Crippen molar-refractivity contribution in [2.45, 2.75) is 32.1 Å². The normalized spacial score (nSPS) is 13.1. The summed E-state index contributed by atoms with van der Waals surface area (Å²) in [6.07, 6.45) is 1.86. The minimum Gasteiger partial charge on any atom is -0.439 e. The number of anilines is 2. The first-order valence-corrected chi connectivity index (χ1v) is 12.3. The Morgan fingerprint density at radius 2 is 1.86 bits per heavy atom. The van der Waals surface area contributed by atoms with Crippen LogP contribution >= 0.6 is 11.3 Å². The fourth-order valence-corrected chi connectivity index (χ4v) is 4.37. The molecule has 1 fully saturated rings. The third kappa shape index (κ3) is 5.19. The Kier molecular flexibility index (Phi) is 6.12. The minimum atomic E-state index is -0.695. The van der Waals surface area contributed by atoms with E-state index in [2.05, 4.69) is 26.7 Å². The number of pyridine rings is 1. The Bertz CT molecular complexity index is 1520. The Labute approximate surface area is 212 Å². The molecule has 2 aromatic heterocycles. The van der Waals surface area contributed by atoms with Crippen molar-refractivity contribution in [2.75, 3.05) is 10.6 Å². The molecule has 0 radical (unpaired) electrons. The number of carbonyl (C=O) groups excluding carboxylic acids is 2. The van der Waals surface area contributed by atoms with Gasteiger partial charge in [-0.2, -0.15) is 5.26 Å². The molecule has 4 aromatic rings. The van der Waals surface area contributed by atoms with E-state index < -0.39 is 5.41 Å². The van der Waals surface area contributed by atoms with E-state index in [4.69, 9.17) is 4.74 Å². The monoisotopic (exact) mass is 497 g/mol. The SMILES string of the molecule is CC(C)(C#N)c1cccc(C(=O)Nc2cccc(Oc3ccc4nc(NC(=O)C5CC5)sc4n3)c2)c1. The van der Waals surface area contributed by atoms with E-state index in [1.807, 2.05) is 19.9 Å². The van der Waals surface area contributed by atoms with E-state index >= 15 is 0 Å². The van der Waals surface area contributed by atoms with Crippen molar-refractivity contribution < 1.29 is 14.3 Å². The van der Waals surface area contributed by atoms with E-state index in [0.29, 0.717) is 38.4 Å². The van der Waals surface area contributed by atoms with Crippen molar-refractivity contribution in [1.29, 1.82) is 5.26 Å². The van der Waals surface area contributed by atoms with E-state index in [-0.39, 0.29) is 17.7 Å². The molecule has 2 aromatic carbocycles. The molecule has 5 rings (SSSR count). The molecule has 0 saturated heterocycles. The number of hydrogen-bond acceptors (Lipinski definition) is 7. The Morgan fingerprint density at radius 1 is 1.06 bits per heavy atom. The highest BCUT2D eigenvalue weighted by molar-refractivity contribution is 7.21. The first-order valence-electron chi connectivity index (χ1n) is 11.5. The van der Waals surface area contributed by atoms with Crippen LogP contribution < -0.4 is 15.4 Å². The second kappa shape index (κ2) is 9.40. The number of nitrogens with one attached hydrogen (secondary N) is 2. The Balaban J connectivity index is 1.28. The Hall–Kier alpha value is -4.29. The zero-order valence-electron chi connectivity index (χ0n) is 19.7. The van der Waals surface area contributed by atoms with Gasteiger partial charge in [-0.25, -0.2) is 9.97 Å². The fraction of sp³-hybridized carbons (Fsp3) is 0.222. The zero-order chi connectivity index (χ0) is 25.3. The highest BCUT2D eigenvalue weighted by atomic mass is 32.1. The number of hydrogen-bond donors (Lipinski definition) is 2. The summed E-state index contributed by atoms with van der Waals surface area (Å²) in [6.45, 7) is 3.63. The lowest BCUT2D eigenvalue weighted by Gasteiger charge is -2.16. The molecule has 1 saturated carbocycles. The molecule has 0 bridgehead atoms. The van der Waals surface area contributed by atoms with Gasteiger partial charge in [0.15, 0.2) is 5.13 Å². The summed E-state index contributed by atoms with van der Waals surface area (Å²) in [5, 5.41) is 15.6. The van der Waals surface area contributed by atoms with E-state index in [1.165, 1.54) is 11.3 Å². The second-order valence-electron chi connectivity index (χ2n) is 9.16. The lowest BCUT2D eigenvalue weighted by Crippen LogP contribution is -2.17. The summed E-state index contributed by atoms with van der Waals surface area (Å²) in [5.74, 6) is 0.703. The first-order chi connectivity index (χ1) is 17.3. The number of amides is 2. The molecule has 2 N–H and O–H groups in total. The van der Waals surface area contributed by atoms with Crippen molar-refractivity contribution >= 4 is 44.3 Å². The van der Waals surface area contributed by atoms with Crippen LogP contribution in [-0.4, -0.2) is 21.8 Å². The van der Waals surface area contributed by atoms with Gasteiger partial charge in [0.25, 0.3) is 5.91 Å². The van der Waals surface area contributed by atoms with Crippen LogP contribution in [0.2, 0.25) is 0 Å². The van der Waals surface area contributed by atoms with Gasteiger partial charge in [-0.3, -0.25) is 9.59 Å². The molecule has 2 amide bonds. The average Bonchev–Trinajstić information content (AvgIpc) is 3.65. The number of ether oxygens (including phenoxy) is 1. The summed E-state index contributed by atoms with van der Waals surface area (Å²) in [5.41, 5.74) is 1.78. The van der Waals surface area contributed by atoms with E-state index in [1.54, 1.807) is 54.6 Å². The molecule has 8 nitrogen and oxygen atoms in total. The Morgan fingerprint density at radius 3 is 2.64 bits per heavy atom. The van der Waals surface area contributed by atoms with Crippen LogP contribution in [0.4, 0.5) is 10.8 Å². The predicted molar refractivity (Wildman–Crippen MR) is 138 cm³/mol. The van der Waals surface area contributed by atoms with Crippen molar-refractivity contribution in [3.8, 4) is 17.7 Å². The van der Waals surface area contributed by atoms with Gasteiger partial charge in [-0.1, -0.05) is 29.5 Å². The maximum absolute atomic E-state index is 12.8. The first kappa shape index (κ1) is 23.5. The molecular formula is C27H23N5O3S. The number of benzene rings is 2. The highest BCUT2D eigenvalue weighted by Crippen LogP contribution is 2.33. The number of fused-ring (bicyclic) bond motifs is 1. The maximum atomic E-state index is 12.8. The van der Waals surface area contributed by atoms with Crippen molar-refractivity contribution in [3.05, 3.63) is 71.8 Å². The van der Waals surface area contributed by atoms with Crippen LogP contribution in [0.15, 0.2) is 60.7 Å². The third-order valence-electron chi connectivity index (χ3n) is 5.85. The summed E-state index contributed by atoms with van der Waals surface area (Å²) in [7, 11) is 0. The van der Waals surface area contributed by atoms with E-state index in [0.717, 1.165) is 18.4 Å². The lowest BCUT2D eigenvalue weighted by atomic mass is 9.85. The van der Waals surface area contributed by atoms with Crippen LogP contribution in [0.3, 0.4) is 0 Å². The third-order valence-corrected chi connectivity index (χ3v) is 6.73. The van der Waals surface area contributed by atoms with E-state index in [9.17, 15) is 14.9 Å². The predicted octanol–water partition coefficient (Wildman–Crippen LogP) is 5.89. The molecule has 9 heteroatoms. The lowest BCUT2D eigenvalue weighted by molar-refractivity contribution is -0.117. The van der Waals surface area contributed by atoms with Crippen molar-refractivity contribution in [3.63, 3.8) is 0 Å². The molecular weight excluding hydrogens is 474 g/mol. The van der Waals surface area contributed by atoms with Gasteiger partial charge in [0.2, 0.25) is 11.8 Å². The zero-order valence-corrected chi connectivity index (χ0v) is 20.6. The number of rotatable bonds is 7.